The van der Waals surface area contributed by atoms with Crippen LogP contribution < -0.4 is 0 Å². The summed E-state index contributed by atoms with van der Waals surface area (Å²) < 4.78 is 2.05. The number of rotatable bonds is 3. The van der Waals surface area contributed by atoms with Gasteiger partial charge in [-0.05, 0) is 71.2 Å². The van der Waals surface area contributed by atoms with Crippen LogP contribution in [0.3, 0.4) is 0 Å². The molecule has 0 aliphatic heterocycles. The number of hydrogen-bond acceptors (Lipinski definition) is 1. The van der Waals surface area contributed by atoms with Crippen molar-refractivity contribution in [3.63, 3.8) is 0 Å². The zero-order chi connectivity index (χ0) is 11.4. The van der Waals surface area contributed by atoms with E-state index in [1.165, 1.54) is 0 Å². The van der Waals surface area contributed by atoms with Gasteiger partial charge in [-0.2, -0.15) is 0 Å². The fourth-order valence-corrected chi connectivity index (χ4v) is 3.34. The second-order valence-corrected chi connectivity index (χ2v) is 5.40. The Morgan fingerprint density at radius 1 is 1.20 bits per heavy atom. The third kappa shape index (κ3) is 3.05. The van der Waals surface area contributed by atoms with E-state index >= 15 is 0 Å². The van der Waals surface area contributed by atoms with E-state index in [9.17, 15) is 4.79 Å². The van der Waals surface area contributed by atoms with Crippen LogP contribution in [0.5, 0.6) is 0 Å². The molecule has 15 heavy (non-hydrogen) atoms. The Balaban J connectivity index is 3.10. The average molecular weight is 429 g/mol. The van der Waals surface area contributed by atoms with E-state index in [4.69, 9.17) is 0 Å². The highest BCUT2D eigenvalue weighted by molar-refractivity contribution is 14.1. The minimum absolute atomic E-state index is 0.134. The van der Waals surface area contributed by atoms with Crippen LogP contribution in [0.2, 0.25) is 0 Å². The van der Waals surface area contributed by atoms with Gasteiger partial charge in [0.25, 0.3) is 5.91 Å². The standard InChI is InChI=1S/C11H13I2NO/c1-3-14(4-2)11(15)10-8(12)6-5-7-9(10)13/h5-7H,3-4H2,1-2H3. The van der Waals surface area contributed by atoms with Crippen LogP contribution >= 0.6 is 45.2 Å². The van der Waals surface area contributed by atoms with Gasteiger partial charge in [0.15, 0.2) is 0 Å². The van der Waals surface area contributed by atoms with E-state index < -0.39 is 0 Å². The second-order valence-electron chi connectivity index (χ2n) is 3.07. The summed E-state index contributed by atoms with van der Waals surface area (Å²) in [5.74, 6) is 0.134. The molecule has 1 amide bonds. The van der Waals surface area contributed by atoms with Gasteiger partial charge in [-0.1, -0.05) is 6.07 Å². The molecule has 0 aromatic heterocycles. The Hall–Kier alpha value is 0.150. The molecular weight excluding hydrogens is 416 g/mol. The lowest BCUT2D eigenvalue weighted by molar-refractivity contribution is 0.0771. The molecule has 0 radical (unpaired) electrons. The molecular formula is C11H13I2NO. The molecule has 0 saturated heterocycles. The van der Waals surface area contributed by atoms with Crippen LogP contribution in [0, 0.1) is 7.14 Å². The van der Waals surface area contributed by atoms with Crippen molar-refractivity contribution in [2.75, 3.05) is 13.1 Å². The highest BCUT2D eigenvalue weighted by atomic mass is 127. The van der Waals surface area contributed by atoms with E-state index in [-0.39, 0.29) is 5.91 Å². The first-order valence-corrected chi connectivity index (χ1v) is 7.00. The minimum Gasteiger partial charge on any atom is -0.339 e. The lowest BCUT2D eigenvalue weighted by Crippen LogP contribution is -2.31. The zero-order valence-corrected chi connectivity index (χ0v) is 13.1. The molecule has 0 aliphatic carbocycles. The molecule has 0 heterocycles. The Bertz CT molecular complexity index is 341. The molecule has 82 valence electrons. The van der Waals surface area contributed by atoms with Crippen LogP contribution in [0.1, 0.15) is 24.2 Å². The van der Waals surface area contributed by atoms with E-state index in [1.54, 1.807) is 0 Å². The van der Waals surface area contributed by atoms with E-state index in [0.717, 1.165) is 25.8 Å². The van der Waals surface area contributed by atoms with Crippen molar-refractivity contribution in [1.82, 2.24) is 4.90 Å². The van der Waals surface area contributed by atoms with Crippen molar-refractivity contribution in [2.45, 2.75) is 13.8 Å². The molecule has 2 nitrogen and oxygen atoms in total. The van der Waals surface area contributed by atoms with Gasteiger partial charge in [0.2, 0.25) is 0 Å². The van der Waals surface area contributed by atoms with Crippen LogP contribution in [0.15, 0.2) is 18.2 Å². The highest BCUT2D eigenvalue weighted by Gasteiger charge is 2.17. The molecule has 4 heteroatoms. The number of hydrogen-bond donors (Lipinski definition) is 0. The smallest absolute Gasteiger partial charge is 0.255 e. The summed E-state index contributed by atoms with van der Waals surface area (Å²) in [7, 11) is 0. The van der Waals surface area contributed by atoms with E-state index in [1.807, 2.05) is 36.9 Å². The SMILES string of the molecule is CCN(CC)C(=O)c1c(I)cccc1I. The first-order valence-electron chi connectivity index (χ1n) is 4.85. The minimum atomic E-state index is 0.134. The van der Waals surface area contributed by atoms with Gasteiger partial charge < -0.3 is 4.90 Å². The molecule has 0 aliphatic rings. The molecule has 0 spiro atoms. The normalized spacial score (nSPS) is 10.1. The number of carbonyl (C=O) groups excluding carboxylic acids is 1. The second kappa shape index (κ2) is 6.03. The summed E-state index contributed by atoms with van der Waals surface area (Å²) in [6.07, 6.45) is 0. The van der Waals surface area contributed by atoms with Crippen molar-refractivity contribution in [2.24, 2.45) is 0 Å². The number of halogens is 2. The Kier molecular flexibility index (Phi) is 5.31. The first-order chi connectivity index (χ1) is 7.11. The summed E-state index contributed by atoms with van der Waals surface area (Å²) in [5, 5.41) is 0. The van der Waals surface area contributed by atoms with Crippen molar-refractivity contribution < 1.29 is 4.79 Å². The molecule has 1 aromatic carbocycles. The van der Waals surface area contributed by atoms with Gasteiger partial charge >= 0.3 is 0 Å². The molecule has 0 fully saturated rings. The van der Waals surface area contributed by atoms with Crippen molar-refractivity contribution in [3.05, 3.63) is 30.9 Å². The summed E-state index contributed by atoms with van der Waals surface area (Å²) in [6, 6.07) is 5.92. The molecule has 0 bridgehead atoms. The predicted octanol–water partition coefficient (Wildman–Crippen LogP) is 3.38. The average Bonchev–Trinajstić information content (AvgIpc) is 2.19. The topological polar surface area (TPSA) is 20.3 Å². The third-order valence-electron chi connectivity index (χ3n) is 2.23. The maximum atomic E-state index is 12.2. The Morgan fingerprint density at radius 3 is 2.07 bits per heavy atom. The number of nitrogens with zero attached hydrogens (tertiary/aromatic N) is 1. The molecule has 1 rings (SSSR count). The summed E-state index contributed by atoms with van der Waals surface area (Å²) in [4.78, 5) is 14.0. The highest BCUT2D eigenvalue weighted by Crippen LogP contribution is 2.20. The van der Waals surface area contributed by atoms with Gasteiger partial charge in [0, 0.05) is 20.2 Å². The largest absolute Gasteiger partial charge is 0.339 e. The summed E-state index contributed by atoms with van der Waals surface area (Å²) in [5.41, 5.74) is 0.836. The van der Waals surface area contributed by atoms with Crippen LogP contribution in [0.4, 0.5) is 0 Å². The zero-order valence-electron chi connectivity index (χ0n) is 8.76. The number of amides is 1. The van der Waals surface area contributed by atoms with E-state index in [0.29, 0.717) is 0 Å². The fraction of sp³-hybridized carbons (Fsp3) is 0.364. The molecule has 0 saturated carbocycles. The Labute approximate surface area is 118 Å². The monoisotopic (exact) mass is 429 g/mol. The summed E-state index contributed by atoms with van der Waals surface area (Å²) >= 11 is 4.43. The maximum Gasteiger partial charge on any atom is 0.255 e. The van der Waals surface area contributed by atoms with Gasteiger partial charge in [-0.15, -0.1) is 0 Å². The van der Waals surface area contributed by atoms with Crippen LogP contribution in [-0.2, 0) is 0 Å². The first kappa shape index (κ1) is 13.2. The lowest BCUT2D eigenvalue weighted by Gasteiger charge is -2.20. The van der Waals surface area contributed by atoms with E-state index in [2.05, 4.69) is 45.2 Å². The molecule has 0 atom stereocenters. The number of benzene rings is 1. The fourth-order valence-electron chi connectivity index (χ4n) is 1.37. The van der Waals surface area contributed by atoms with Crippen LogP contribution in [0.25, 0.3) is 0 Å². The van der Waals surface area contributed by atoms with Gasteiger partial charge in [0.1, 0.15) is 0 Å². The summed E-state index contributed by atoms with van der Waals surface area (Å²) in [6.45, 7) is 5.53. The number of carbonyl (C=O) groups is 1. The molecule has 0 unspecified atom stereocenters. The lowest BCUT2D eigenvalue weighted by atomic mass is 10.2. The van der Waals surface area contributed by atoms with Crippen LogP contribution in [-0.4, -0.2) is 23.9 Å². The predicted molar refractivity (Wildman–Crippen MR) is 79.1 cm³/mol. The Morgan fingerprint density at radius 2 is 1.67 bits per heavy atom. The van der Waals surface area contributed by atoms with Gasteiger partial charge in [-0.25, -0.2) is 0 Å². The maximum absolute atomic E-state index is 12.2. The van der Waals surface area contributed by atoms with Crippen molar-refractivity contribution >= 4 is 51.1 Å². The van der Waals surface area contributed by atoms with Crippen molar-refractivity contribution in [1.29, 1.82) is 0 Å². The third-order valence-corrected chi connectivity index (χ3v) is 4.03. The van der Waals surface area contributed by atoms with Crippen molar-refractivity contribution in [3.8, 4) is 0 Å². The quantitative estimate of drug-likeness (QED) is 0.676. The molecule has 1 aromatic rings. The van der Waals surface area contributed by atoms with Gasteiger partial charge in [0.05, 0.1) is 5.56 Å². The molecule has 0 N–H and O–H groups in total. The van der Waals surface area contributed by atoms with Gasteiger partial charge in [-0.3, -0.25) is 4.79 Å².